The number of nitrogens with one attached hydrogen (secondary N) is 3. The Labute approximate surface area is 199 Å². The van der Waals surface area contributed by atoms with E-state index in [0.717, 1.165) is 53.7 Å². The van der Waals surface area contributed by atoms with Crippen LogP contribution < -0.4 is 15.4 Å². The third kappa shape index (κ3) is 6.63. The van der Waals surface area contributed by atoms with Crippen molar-refractivity contribution in [2.24, 2.45) is 0 Å². The van der Waals surface area contributed by atoms with Gasteiger partial charge in [-0.05, 0) is 44.2 Å². The maximum absolute atomic E-state index is 5.87. The van der Waals surface area contributed by atoms with Crippen LogP contribution in [0.3, 0.4) is 0 Å². The van der Waals surface area contributed by atoms with Crippen molar-refractivity contribution in [3.05, 3.63) is 72.6 Å². The van der Waals surface area contributed by atoms with Crippen LogP contribution in [0.2, 0.25) is 0 Å². The number of aromatic nitrogens is 4. The topological polar surface area (TPSA) is 97.0 Å². The van der Waals surface area contributed by atoms with E-state index in [4.69, 9.17) is 9.47 Å². The normalized spacial score (nSPS) is 10.9. The Morgan fingerprint density at radius 1 is 0.971 bits per heavy atom. The van der Waals surface area contributed by atoms with Gasteiger partial charge in [0.1, 0.15) is 11.6 Å². The molecule has 0 aliphatic carbocycles. The summed E-state index contributed by atoms with van der Waals surface area (Å²) >= 11 is 0. The molecule has 0 fully saturated rings. The fourth-order valence-electron chi connectivity index (χ4n) is 3.44. The number of anilines is 2. The molecular weight excluding hydrogens is 428 g/mol. The van der Waals surface area contributed by atoms with Gasteiger partial charge in [0.25, 0.3) is 0 Å². The standard InChI is InChI=1S/C26H30N6O2/c1-19-6-3-7-20(16-19)25-29-18-24(31-25)23-10-12-28-26(32-23)30-21-8-4-9-22(17-21)34-14-5-11-27-13-15-33-2/h3-4,6-10,12,16-18,27H,5,11,13-15H2,1-2H3,(H,29,31)(H,28,30,32). The fourth-order valence-corrected chi connectivity index (χ4v) is 3.44. The Balaban J connectivity index is 1.36. The van der Waals surface area contributed by atoms with Crippen LogP contribution in [0.5, 0.6) is 5.75 Å². The fraction of sp³-hybridized carbons (Fsp3) is 0.269. The highest BCUT2D eigenvalue weighted by atomic mass is 16.5. The van der Waals surface area contributed by atoms with E-state index in [2.05, 4.69) is 49.6 Å². The minimum Gasteiger partial charge on any atom is -0.493 e. The SMILES string of the molecule is COCCNCCCOc1cccc(Nc2nccc(-c3cnc(-c4cccc(C)c4)[nH]3)n2)c1. The van der Waals surface area contributed by atoms with E-state index in [9.17, 15) is 0 Å². The van der Waals surface area contributed by atoms with Crippen molar-refractivity contribution < 1.29 is 9.47 Å². The zero-order chi connectivity index (χ0) is 23.6. The van der Waals surface area contributed by atoms with Gasteiger partial charge in [-0.1, -0.05) is 29.8 Å². The Morgan fingerprint density at radius 2 is 1.88 bits per heavy atom. The second kappa shape index (κ2) is 11.9. The van der Waals surface area contributed by atoms with Crippen LogP contribution in [0.4, 0.5) is 11.6 Å². The van der Waals surface area contributed by atoms with Gasteiger partial charge in [-0.25, -0.2) is 15.0 Å². The molecule has 0 aliphatic heterocycles. The minimum atomic E-state index is 0.503. The molecule has 0 saturated heterocycles. The summed E-state index contributed by atoms with van der Waals surface area (Å²) in [4.78, 5) is 16.9. The number of hydrogen-bond donors (Lipinski definition) is 3. The summed E-state index contributed by atoms with van der Waals surface area (Å²) in [5.41, 5.74) is 4.68. The number of benzene rings is 2. The number of aryl methyl sites for hydroxylation is 1. The lowest BCUT2D eigenvalue weighted by Gasteiger charge is -2.10. The maximum Gasteiger partial charge on any atom is 0.227 e. The number of imidazole rings is 1. The van der Waals surface area contributed by atoms with Crippen LogP contribution in [-0.2, 0) is 4.74 Å². The summed E-state index contributed by atoms with van der Waals surface area (Å²) in [7, 11) is 1.70. The Morgan fingerprint density at radius 3 is 2.76 bits per heavy atom. The lowest BCUT2D eigenvalue weighted by atomic mass is 10.1. The molecule has 0 radical (unpaired) electrons. The van der Waals surface area contributed by atoms with Gasteiger partial charge < -0.3 is 25.1 Å². The molecule has 0 unspecified atom stereocenters. The molecule has 0 atom stereocenters. The number of ether oxygens (including phenoxy) is 2. The number of nitrogens with zero attached hydrogens (tertiary/aromatic N) is 3. The smallest absolute Gasteiger partial charge is 0.227 e. The third-order valence-corrected chi connectivity index (χ3v) is 5.14. The highest BCUT2D eigenvalue weighted by Gasteiger charge is 2.09. The summed E-state index contributed by atoms with van der Waals surface area (Å²) in [6, 6.07) is 17.9. The van der Waals surface area contributed by atoms with Crippen molar-refractivity contribution >= 4 is 11.6 Å². The molecule has 8 heteroatoms. The molecule has 0 spiro atoms. The van der Waals surface area contributed by atoms with Crippen LogP contribution in [0.15, 0.2) is 67.0 Å². The first kappa shape index (κ1) is 23.4. The molecule has 0 saturated carbocycles. The van der Waals surface area contributed by atoms with Gasteiger partial charge in [0.15, 0.2) is 0 Å². The van der Waals surface area contributed by atoms with Gasteiger partial charge in [0.05, 0.1) is 30.8 Å². The lowest BCUT2D eigenvalue weighted by molar-refractivity contribution is 0.198. The van der Waals surface area contributed by atoms with Crippen LogP contribution in [-0.4, -0.2) is 53.3 Å². The van der Waals surface area contributed by atoms with Crippen molar-refractivity contribution in [1.29, 1.82) is 0 Å². The van der Waals surface area contributed by atoms with E-state index in [0.29, 0.717) is 19.2 Å². The summed E-state index contributed by atoms with van der Waals surface area (Å²) in [6.07, 6.45) is 4.44. The van der Waals surface area contributed by atoms with E-state index in [1.54, 1.807) is 19.5 Å². The highest BCUT2D eigenvalue weighted by Crippen LogP contribution is 2.24. The predicted molar refractivity (Wildman–Crippen MR) is 134 cm³/mol. The second-order valence-electron chi connectivity index (χ2n) is 7.88. The molecule has 8 nitrogen and oxygen atoms in total. The molecule has 176 valence electrons. The molecule has 4 rings (SSSR count). The number of hydrogen-bond acceptors (Lipinski definition) is 7. The third-order valence-electron chi connectivity index (χ3n) is 5.14. The first-order valence-corrected chi connectivity index (χ1v) is 11.4. The van der Waals surface area contributed by atoms with Crippen LogP contribution in [0.1, 0.15) is 12.0 Å². The summed E-state index contributed by atoms with van der Waals surface area (Å²) in [5.74, 6) is 2.11. The van der Waals surface area contributed by atoms with Gasteiger partial charge in [-0.15, -0.1) is 0 Å². The zero-order valence-electron chi connectivity index (χ0n) is 19.5. The predicted octanol–water partition coefficient (Wildman–Crippen LogP) is 4.59. The highest BCUT2D eigenvalue weighted by molar-refractivity contribution is 5.64. The van der Waals surface area contributed by atoms with E-state index in [-0.39, 0.29) is 0 Å². The number of rotatable bonds is 12. The lowest BCUT2D eigenvalue weighted by Crippen LogP contribution is -2.21. The molecule has 3 N–H and O–H groups in total. The monoisotopic (exact) mass is 458 g/mol. The molecule has 0 amide bonds. The molecule has 34 heavy (non-hydrogen) atoms. The van der Waals surface area contributed by atoms with Gasteiger partial charge in [0, 0.05) is 37.2 Å². The molecule has 2 aromatic heterocycles. The minimum absolute atomic E-state index is 0.503. The van der Waals surface area contributed by atoms with Crippen molar-refractivity contribution in [3.8, 4) is 28.5 Å². The number of H-pyrrole nitrogens is 1. The van der Waals surface area contributed by atoms with Gasteiger partial charge in [0.2, 0.25) is 5.95 Å². The second-order valence-corrected chi connectivity index (χ2v) is 7.88. The van der Waals surface area contributed by atoms with Gasteiger partial charge in [-0.2, -0.15) is 0 Å². The molecule has 2 aromatic carbocycles. The molecular formula is C26H30N6O2. The van der Waals surface area contributed by atoms with Crippen molar-refractivity contribution in [2.75, 3.05) is 38.7 Å². The van der Waals surface area contributed by atoms with E-state index < -0.39 is 0 Å². The Hall–Kier alpha value is -3.75. The average Bonchev–Trinajstić information content (AvgIpc) is 3.35. The van der Waals surface area contributed by atoms with Gasteiger partial charge >= 0.3 is 0 Å². The number of aromatic amines is 1. The summed E-state index contributed by atoms with van der Waals surface area (Å²) < 4.78 is 10.9. The quantitative estimate of drug-likeness (QED) is 0.267. The van der Waals surface area contributed by atoms with Crippen molar-refractivity contribution in [3.63, 3.8) is 0 Å². The Bertz CT molecular complexity index is 1190. The molecule has 2 heterocycles. The molecule has 0 aliphatic rings. The van der Waals surface area contributed by atoms with Crippen molar-refractivity contribution in [2.45, 2.75) is 13.3 Å². The van der Waals surface area contributed by atoms with Gasteiger partial charge in [-0.3, -0.25) is 0 Å². The first-order chi connectivity index (χ1) is 16.7. The van der Waals surface area contributed by atoms with Crippen LogP contribution >= 0.6 is 0 Å². The van der Waals surface area contributed by atoms with E-state index in [1.807, 2.05) is 42.5 Å². The number of methoxy groups -OCH3 is 1. The molecule has 4 aromatic rings. The summed E-state index contributed by atoms with van der Waals surface area (Å²) in [6.45, 7) is 5.16. The van der Waals surface area contributed by atoms with Crippen LogP contribution in [0.25, 0.3) is 22.8 Å². The van der Waals surface area contributed by atoms with E-state index in [1.165, 1.54) is 5.56 Å². The zero-order valence-corrected chi connectivity index (χ0v) is 19.5. The first-order valence-electron chi connectivity index (χ1n) is 11.4. The van der Waals surface area contributed by atoms with E-state index >= 15 is 0 Å². The maximum atomic E-state index is 5.87. The largest absolute Gasteiger partial charge is 0.493 e. The van der Waals surface area contributed by atoms with Crippen molar-refractivity contribution in [1.82, 2.24) is 25.3 Å². The molecule has 0 bridgehead atoms. The summed E-state index contributed by atoms with van der Waals surface area (Å²) in [5, 5.41) is 6.57. The van der Waals surface area contributed by atoms with Crippen LogP contribution in [0, 0.1) is 6.92 Å². The Kier molecular flexibility index (Phi) is 8.21. The average molecular weight is 459 g/mol.